The lowest BCUT2D eigenvalue weighted by Crippen LogP contribution is -2.48. The molecule has 3 atom stereocenters. The highest BCUT2D eigenvalue weighted by Gasteiger charge is 2.46. The first-order chi connectivity index (χ1) is 12.1. The molecular formula is C21H24N2O2. The van der Waals surface area contributed by atoms with Crippen LogP contribution >= 0.6 is 0 Å². The van der Waals surface area contributed by atoms with Crippen molar-refractivity contribution in [2.45, 2.75) is 25.4 Å². The third-order valence-electron chi connectivity index (χ3n) is 5.86. The second-order valence-corrected chi connectivity index (χ2v) is 7.11. The first-order valence-electron chi connectivity index (χ1n) is 8.92. The smallest absolute Gasteiger partial charge is 0.219 e. The summed E-state index contributed by atoms with van der Waals surface area (Å²) >= 11 is 0. The van der Waals surface area contributed by atoms with E-state index in [1.165, 1.54) is 16.7 Å². The molecule has 2 aliphatic heterocycles. The maximum Gasteiger partial charge on any atom is 0.219 e. The summed E-state index contributed by atoms with van der Waals surface area (Å²) in [4.78, 5) is 16.4. The van der Waals surface area contributed by atoms with Crippen LogP contribution in [0.15, 0.2) is 48.5 Å². The van der Waals surface area contributed by atoms with E-state index in [4.69, 9.17) is 0 Å². The van der Waals surface area contributed by atoms with E-state index in [1.807, 2.05) is 23.1 Å². The molecule has 2 aliphatic rings. The molecule has 0 aliphatic carbocycles. The number of likely N-dealkylation sites (N-methyl/N-ethyl adjacent to an activating group) is 1. The molecule has 4 rings (SSSR count). The largest absolute Gasteiger partial charge is 0.394 e. The Morgan fingerprint density at radius 3 is 2.60 bits per heavy atom. The van der Waals surface area contributed by atoms with E-state index in [9.17, 15) is 9.90 Å². The Morgan fingerprint density at radius 2 is 1.92 bits per heavy atom. The lowest BCUT2D eigenvalue weighted by Gasteiger charge is -2.44. The Hall–Kier alpha value is -2.33. The van der Waals surface area contributed by atoms with Gasteiger partial charge in [-0.3, -0.25) is 4.79 Å². The van der Waals surface area contributed by atoms with Crippen molar-refractivity contribution in [3.05, 3.63) is 54.1 Å². The number of carbonyl (C=O) groups excluding carboxylic acids is 1. The minimum Gasteiger partial charge on any atom is -0.394 e. The van der Waals surface area contributed by atoms with E-state index < -0.39 is 0 Å². The van der Waals surface area contributed by atoms with Crippen LogP contribution < -0.4 is 4.90 Å². The molecule has 0 saturated carbocycles. The van der Waals surface area contributed by atoms with Gasteiger partial charge >= 0.3 is 0 Å². The summed E-state index contributed by atoms with van der Waals surface area (Å²) in [5.41, 5.74) is 4.67. The standard InChI is InChI=1S/C21H24N2O2/c1-14(25)23-11-10-17-20(13-24)22(2)19-9-8-16(12-18(19)21(17)23)15-6-4-3-5-7-15/h3-9,12,17,20-21,24H,10-11,13H2,1-2H3/t17-,20-,21-/m0/s1. The third-order valence-corrected chi connectivity index (χ3v) is 5.86. The van der Waals surface area contributed by atoms with Gasteiger partial charge in [0.2, 0.25) is 5.91 Å². The average molecular weight is 336 g/mol. The van der Waals surface area contributed by atoms with E-state index in [0.29, 0.717) is 0 Å². The quantitative estimate of drug-likeness (QED) is 0.917. The molecule has 1 saturated heterocycles. The van der Waals surface area contributed by atoms with Crippen LogP contribution in [0.1, 0.15) is 24.9 Å². The van der Waals surface area contributed by atoms with Crippen molar-refractivity contribution in [1.29, 1.82) is 0 Å². The number of aliphatic hydroxyl groups is 1. The van der Waals surface area contributed by atoms with Crippen LogP contribution in [0.5, 0.6) is 0 Å². The highest BCUT2D eigenvalue weighted by Crippen LogP contribution is 2.49. The van der Waals surface area contributed by atoms with Crippen molar-refractivity contribution in [3.63, 3.8) is 0 Å². The van der Waals surface area contributed by atoms with Crippen molar-refractivity contribution in [3.8, 4) is 11.1 Å². The molecule has 1 fully saturated rings. The van der Waals surface area contributed by atoms with Crippen molar-refractivity contribution >= 4 is 11.6 Å². The third kappa shape index (κ3) is 2.52. The Bertz CT molecular complexity index is 790. The molecule has 1 amide bonds. The Kier molecular flexibility index (Phi) is 4.00. The number of nitrogens with zero attached hydrogens (tertiary/aromatic N) is 2. The minimum atomic E-state index is 0.0597. The van der Waals surface area contributed by atoms with E-state index in [-0.39, 0.29) is 30.5 Å². The van der Waals surface area contributed by atoms with Crippen LogP contribution in [-0.4, -0.2) is 42.2 Å². The minimum absolute atomic E-state index is 0.0597. The van der Waals surface area contributed by atoms with Gasteiger partial charge in [0, 0.05) is 32.1 Å². The molecule has 25 heavy (non-hydrogen) atoms. The Morgan fingerprint density at radius 1 is 1.16 bits per heavy atom. The van der Waals surface area contributed by atoms with Crippen molar-refractivity contribution < 1.29 is 9.90 Å². The zero-order valence-corrected chi connectivity index (χ0v) is 14.7. The van der Waals surface area contributed by atoms with Crippen LogP contribution in [-0.2, 0) is 4.79 Å². The van der Waals surface area contributed by atoms with E-state index in [0.717, 1.165) is 18.7 Å². The fourth-order valence-electron chi connectivity index (χ4n) is 4.62. The molecule has 2 aromatic carbocycles. The first-order valence-corrected chi connectivity index (χ1v) is 8.92. The van der Waals surface area contributed by atoms with Crippen molar-refractivity contribution in [2.24, 2.45) is 5.92 Å². The summed E-state index contributed by atoms with van der Waals surface area (Å²) in [6.07, 6.45) is 0.939. The normalized spacial score (nSPS) is 24.8. The van der Waals surface area contributed by atoms with Gasteiger partial charge in [-0.1, -0.05) is 36.4 Å². The molecular weight excluding hydrogens is 312 g/mol. The zero-order valence-electron chi connectivity index (χ0n) is 14.7. The predicted molar refractivity (Wildman–Crippen MR) is 99.4 cm³/mol. The predicted octanol–water partition coefficient (Wildman–Crippen LogP) is 3.07. The molecule has 0 radical (unpaired) electrons. The lowest BCUT2D eigenvalue weighted by atomic mass is 9.81. The number of benzene rings is 2. The van der Waals surface area contributed by atoms with Gasteiger partial charge in [0.25, 0.3) is 0 Å². The summed E-state index contributed by atoms with van der Waals surface area (Å²) in [5, 5.41) is 9.95. The molecule has 1 N–H and O–H groups in total. The lowest BCUT2D eigenvalue weighted by molar-refractivity contribution is -0.130. The molecule has 2 aromatic rings. The molecule has 130 valence electrons. The van der Waals surface area contributed by atoms with Gasteiger partial charge < -0.3 is 14.9 Å². The summed E-state index contributed by atoms with van der Waals surface area (Å²) in [5.74, 6) is 0.391. The summed E-state index contributed by atoms with van der Waals surface area (Å²) < 4.78 is 0. The van der Waals surface area contributed by atoms with Crippen LogP contribution in [0.3, 0.4) is 0 Å². The maximum atomic E-state index is 12.2. The SMILES string of the molecule is CC(=O)N1CC[C@@H]2[C@H]1c1cc(-c3ccccc3)ccc1N(C)[C@H]2CO. The molecule has 4 heteroatoms. The topological polar surface area (TPSA) is 43.8 Å². The van der Waals surface area contributed by atoms with Gasteiger partial charge in [-0.25, -0.2) is 0 Å². The molecule has 0 aromatic heterocycles. The monoisotopic (exact) mass is 336 g/mol. The van der Waals surface area contributed by atoms with Gasteiger partial charge in [0.05, 0.1) is 18.7 Å². The Balaban J connectivity index is 1.85. The number of amides is 1. The number of likely N-dealkylation sites (tertiary alicyclic amines) is 1. The highest BCUT2D eigenvalue weighted by atomic mass is 16.3. The molecule has 0 unspecified atom stereocenters. The number of fused-ring (bicyclic) bond motifs is 3. The van der Waals surface area contributed by atoms with Gasteiger partial charge in [-0.05, 0) is 35.2 Å². The Labute approximate surface area is 148 Å². The highest BCUT2D eigenvalue weighted by molar-refractivity contribution is 5.77. The second-order valence-electron chi connectivity index (χ2n) is 7.11. The average Bonchev–Trinajstić information content (AvgIpc) is 3.08. The van der Waals surface area contributed by atoms with Gasteiger partial charge in [-0.2, -0.15) is 0 Å². The van der Waals surface area contributed by atoms with Crippen LogP contribution in [0.4, 0.5) is 5.69 Å². The summed E-state index contributed by atoms with van der Waals surface area (Å²) in [6, 6.07) is 16.9. The number of carbonyl (C=O) groups is 1. The molecule has 4 nitrogen and oxygen atoms in total. The summed E-state index contributed by atoms with van der Waals surface area (Å²) in [6.45, 7) is 2.53. The number of hydrogen-bond donors (Lipinski definition) is 1. The number of hydrogen-bond acceptors (Lipinski definition) is 3. The van der Waals surface area contributed by atoms with Crippen molar-refractivity contribution in [1.82, 2.24) is 4.90 Å². The molecule has 0 bridgehead atoms. The number of anilines is 1. The van der Waals surface area contributed by atoms with E-state index >= 15 is 0 Å². The maximum absolute atomic E-state index is 12.2. The summed E-state index contributed by atoms with van der Waals surface area (Å²) in [7, 11) is 2.05. The zero-order chi connectivity index (χ0) is 17.6. The fraction of sp³-hybridized carbons (Fsp3) is 0.381. The number of rotatable bonds is 2. The molecule has 2 heterocycles. The van der Waals surface area contributed by atoms with Crippen LogP contribution in [0.2, 0.25) is 0 Å². The fourth-order valence-corrected chi connectivity index (χ4v) is 4.62. The van der Waals surface area contributed by atoms with Gasteiger partial charge in [-0.15, -0.1) is 0 Å². The van der Waals surface area contributed by atoms with Crippen molar-refractivity contribution in [2.75, 3.05) is 25.1 Å². The van der Waals surface area contributed by atoms with Gasteiger partial charge in [0.15, 0.2) is 0 Å². The van der Waals surface area contributed by atoms with E-state index in [1.54, 1.807) is 6.92 Å². The van der Waals surface area contributed by atoms with Gasteiger partial charge in [0.1, 0.15) is 0 Å². The van der Waals surface area contributed by atoms with Crippen LogP contribution in [0, 0.1) is 5.92 Å². The molecule has 0 spiro atoms. The second kappa shape index (κ2) is 6.19. The first kappa shape index (κ1) is 16.2. The van der Waals surface area contributed by atoms with Crippen LogP contribution in [0.25, 0.3) is 11.1 Å². The van der Waals surface area contributed by atoms with E-state index in [2.05, 4.69) is 42.3 Å². The number of aliphatic hydroxyl groups excluding tert-OH is 1.